The summed E-state index contributed by atoms with van der Waals surface area (Å²) in [4.78, 5) is 0. The highest BCUT2D eigenvalue weighted by Gasteiger charge is 2.08. The molecular formula is C16H8F2O. The van der Waals surface area contributed by atoms with Gasteiger partial charge in [0.1, 0.15) is 23.3 Å². The van der Waals surface area contributed by atoms with Gasteiger partial charge in [-0.1, -0.05) is 6.07 Å². The van der Waals surface area contributed by atoms with Gasteiger partial charge in [-0.2, -0.15) is 0 Å². The number of fused-ring (bicyclic) bond motifs is 1. The van der Waals surface area contributed by atoms with Gasteiger partial charge in [0.15, 0.2) is 0 Å². The van der Waals surface area contributed by atoms with Crippen LogP contribution in [0.4, 0.5) is 8.78 Å². The molecule has 3 rings (SSSR count). The molecule has 0 spiro atoms. The number of benzene rings is 2. The van der Waals surface area contributed by atoms with Gasteiger partial charge in [0.2, 0.25) is 0 Å². The SMILES string of the molecule is FC#Cc1cccc2oc(-c3ccc(F)cc3)cc12. The van der Waals surface area contributed by atoms with Gasteiger partial charge in [0, 0.05) is 16.5 Å². The second-order valence-corrected chi connectivity index (χ2v) is 4.05. The maximum Gasteiger partial charge on any atom is 0.136 e. The first-order chi connectivity index (χ1) is 9.28. The molecule has 0 fully saturated rings. The predicted octanol–water partition coefficient (Wildman–Crippen LogP) is 4.52. The lowest BCUT2D eigenvalue weighted by atomic mass is 10.1. The van der Waals surface area contributed by atoms with Crippen LogP contribution in [0.2, 0.25) is 0 Å². The Kier molecular flexibility index (Phi) is 2.77. The molecule has 3 aromatic rings. The molecular weight excluding hydrogens is 246 g/mol. The predicted molar refractivity (Wildman–Crippen MR) is 69.6 cm³/mol. The molecule has 92 valence electrons. The third kappa shape index (κ3) is 2.09. The average Bonchev–Trinajstić information content (AvgIpc) is 2.85. The Bertz CT molecular complexity index is 789. The van der Waals surface area contributed by atoms with E-state index in [1.54, 1.807) is 36.4 Å². The van der Waals surface area contributed by atoms with Crippen molar-refractivity contribution in [1.29, 1.82) is 0 Å². The summed E-state index contributed by atoms with van der Waals surface area (Å²) in [5, 5.41) is 0.743. The number of hydrogen-bond donors (Lipinski definition) is 0. The van der Waals surface area contributed by atoms with Gasteiger partial charge in [-0.15, -0.1) is 4.39 Å². The average molecular weight is 254 g/mol. The molecule has 0 saturated carbocycles. The van der Waals surface area contributed by atoms with Crippen LogP contribution in [0.25, 0.3) is 22.3 Å². The highest BCUT2D eigenvalue weighted by Crippen LogP contribution is 2.29. The molecule has 0 unspecified atom stereocenters. The molecule has 0 saturated heterocycles. The van der Waals surface area contributed by atoms with E-state index in [1.807, 2.05) is 0 Å². The van der Waals surface area contributed by atoms with Crippen molar-refractivity contribution in [3.05, 3.63) is 59.9 Å². The van der Waals surface area contributed by atoms with E-state index in [1.165, 1.54) is 18.3 Å². The van der Waals surface area contributed by atoms with Gasteiger partial charge < -0.3 is 4.42 Å². The van der Waals surface area contributed by atoms with Gasteiger partial charge in [0.05, 0.1) is 0 Å². The molecule has 0 aliphatic carbocycles. The second kappa shape index (κ2) is 4.58. The highest BCUT2D eigenvalue weighted by atomic mass is 19.1. The van der Waals surface area contributed by atoms with Crippen molar-refractivity contribution in [3.8, 4) is 23.4 Å². The molecule has 0 aliphatic heterocycles. The molecule has 1 aromatic heterocycles. The van der Waals surface area contributed by atoms with Crippen LogP contribution >= 0.6 is 0 Å². The minimum atomic E-state index is -0.302. The van der Waals surface area contributed by atoms with E-state index in [9.17, 15) is 8.78 Å². The standard InChI is InChI=1S/C16H8F2O/c17-9-8-11-2-1-3-15-14(11)10-16(19-15)12-4-6-13(18)7-5-12/h1-7,10H. The van der Waals surface area contributed by atoms with Crippen molar-refractivity contribution in [2.75, 3.05) is 0 Å². The second-order valence-electron chi connectivity index (χ2n) is 4.05. The fourth-order valence-electron chi connectivity index (χ4n) is 1.98. The summed E-state index contributed by atoms with van der Waals surface area (Å²) in [6, 6.07) is 13.0. The molecule has 1 nitrogen and oxygen atoms in total. The van der Waals surface area contributed by atoms with Gasteiger partial charge >= 0.3 is 0 Å². The zero-order valence-corrected chi connectivity index (χ0v) is 9.78. The van der Waals surface area contributed by atoms with Crippen LogP contribution in [0, 0.1) is 17.9 Å². The normalized spacial score (nSPS) is 10.2. The largest absolute Gasteiger partial charge is 0.456 e. The van der Waals surface area contributed by atoms with Crippen LogP contribution in [-0.2, 0) is 0 Å². The summed E-state index contributed by atoms with van der Waals surface area (Å²) in [5.41, 5.74) is 1.95. The van der Waals surface area contributed by atoms with E-state index >= 15 is 0 Å². The first kappa shape index (κ1) is 11.5. The summed E-state index contributed by atoms with van der Waals surface area (Å²) in [7, 11) is 0. The summed E-state index contributed by atoms with van der Waals surface area (Å²) in [6.45, 7) is 0. The zero-order chi connectivity index (χ0) is 13.2. The lowest BCUT2D eigenvalue weighted by Crippen LogP contribution is -1.75. The Morgan fingerprint density at radius 3 is 2.53 bits per heavy atom. The lowest BCUT2D eigenvalue weighted by Gasteiger charge is -1.94. The summed E-state index contributed by atoms with van der Waals surface area (Å²) in [6.07, 6.45) is 1.39. The summed E-state index contributed by atoms with van der Waals surface area (Å²) >= 11 is 0. The molecule has 0 atom stereocenters. The zero-order valence-electron chi connectivity index (χ0n) is 9.78. The molecule has 3 heteroatoms. The number of furan rings is 1. The Labute approximate surface area is 108 Å². The molecule has 0 radical (unpaired) electrons. The summed E-state index contributed by atoms with van der Waals surface area (Å²) in [5.74, 6) is 2.69. The third-order valence-electron chi connectivity index (χ3n) is 2.87. The smallest absolute Gasteiger partial charge is 0.136 e. The van der Waals surface area contributed by atoms with Crippen LogP contribution < -0.4 is 0 Å². The number of hydrogen-bond acceptors (Lipinski definition) is 1. The maximum absolute atomic E-state index is 12.9. The maximum atomic E-state index is 12.9. The van der Waals surface area contributed by atoms with Crippen molar-refractivity contribution < 1.29 is 13.2 Å². The minimum Gasteiger partial charge on any atom is -0.456 e. The topological polar surface area (TPSA) is 13.1 Å². The van der Waals surface area contributed by atoms with E-state index in [4.69, 9.17) is 4.42 Å². The molecule has 0 aliphatic rings. The van der Waals surface area contributed by atoms with E-state index < -0.39 is 0 Å². The van der Waals surface area contributed by atoms with Crippen molar-refractivity contribution in [2.45, 2.75) is 0 Å². The van der Waals surface area contributed by atoms with Gasteiger partial charge in [-0.05, 0) is 48.4 Å². The molecule has 19 heavy (non-hydrogen) atoms. The van der Waals surface area contributed by atoms with Crippen molar-refractivity contribution in [1.82, 2.24) is 0 Å². The first-order valence-corrected chi connectivity index (χ1v) is 5.68. The van der Waals surface area contributed by atoms with Crippen molar-refractivity contribution in [2.24, 2.45) is 0 Å². The number of halogens is 2. The van der Waals surface area contributed by atoms with Gasteiger partial charge in [-0.3, -0.25) is 0 Å². The first-order valence-electron chi connectivity index (χ1n) is 5.68. The van der Waals surface area contributed by atoms with Crippen LogP contribution in [0.15, 0.2) is 52.9 Å². The Hall–Kier alpha value is -2.60. The van der Waals surface area contributed by atoms with Crippen molar-refractivity contribution >= 4 is 11.0 Å². The number of rotatable bonds is 1. The van der Waals surface area contributed by atoms with E-state index in [0.29, 0.717) is 16.9 Å². The third-order valence-corrected chi connectivity index (χ3v) is 2.87. The van der Waals surface area contributed by atoms with Crippen LogP contribution in [-0.4, -0.2) is 0 Å². The lowest BCUT2D eigenvalue weighted by molar-refractivity contribution is 0.623. The summed E-state index contributed by atoms with van der Waals surface area (Å²) < 4.78 is 30.7. The molecule has 2 aromatic carbocycles. The monoisotopic (exact) mass is 254 g/mol. The van der Waals surface area contributed by atoms with Crippen LogP contribution in [0.3, 0.4) is 0 Å². The van der Waals surface area contributed by atoms with E-state index in [-0.39, 0.29) is 5.82 Å². The molecule has 0 bridgehead atoms. The van der Waals surface area contributed by atoms with E-state index in [2.05, 4.69) is 5.92 Å². The molecule has 0 N–H and O–H groups in total. The Morgan fingerprint density at radius 1 is 1.00 bits per heavy atom. The van der Waals surface area contributed by atoms with Gasteiger partial charge in [-0.25, -0.2) is 4.39 Å². The molecule has 0 amide bonds. The minimum absolute atomic E-state index is 0.302. The Morgan fingerprint density at radius 2 is 1.79 bits per heavy atom. The quantitative estimate of drug-likeness (QED) is 0.582. The highest BCUT2D eigenvalue weighted by molar-refractivity contribution is 5.88. The van der Waals surface area contributed by atoms with Gasteiger partial charge in [0.25, 0.3) is 0 Å². The van der Waals surface area contributed by atoms with Crippen LogP contribution in [0.1, 0.15) is 5.56 Å². The van der Waals surface area contributed by atoms with Crippen LogP contribution in [0.5, 0.6) is 0 Å². The fourth-order valence-corrected chi connectivity index (χ4v) is 1.98. The Balaban J connectivity index is 2.18. The fraction of sp³-hybridized carbons (Fsp3) is 0. The molecule has 1 heterocycles. The van der Waals surface area contributed by atoms with Crippen molar-refractivity contribution in [3.63, 3.8) is 0 Å². The van der Waals surface area contributed by atoms with E-state index in [0.717, 1.165) is 10.9 Å².